The number of benzene rings is 1. The number of anilines is 1. The third kappa shape index (κ3) is 4.40. The molecule has 2 fully saturated rings. The number of halogens is 1. The number of likely N-dealkylation sites (N-methyl/N-ethyl adjacent to an activating group) is 1. The van der Waals surface area contributed by atoms with Crippen LogP contribution in [0.2, 0.25) is 0 Å². The number of nitrogens with zero attached hydrogens (tertiary/aromatic N) is 4. The molecule has 1 amide bonds. The number of ether oxygens (including phenoxy) is 1. The predicted molar refractivity (Wildman–Crippen MR) is 102 cm³/mol. The first-order valence-electron chi connectivity index (χ1n) is 8.97. The van der Waals surface area contributed by atoms with Gasteiger partial charge in [0.15, 0.2) is 12.4 Å². The second kappa shape index (κ2) is 8.69. The molecule has 3 heterocycles. The van der Waals surface area contributed by atoms with Gasteiger partial charge in [-0.3, -0.25) is 9.69 Å². The van der Waals surface area contributed by atoms with E-state index in [-0.39, 0.29) is 31.0 Å². The molecule has 27 heavy (non-hydrogen) atoms. The molecule has 2 aromatic rings. The maximum atomic E-state index is 11.8. The Morgan fingerprint density at radius 1 is 1.30 bits per heavy atom. The molecular formula is C18H24ClN5O3. The standard InChI is InChI=1S/C18H23N5O3.ClH/c1-22-10-8-19-11-15(22)18-20-16(26-21-18)12-25-14-6-4-13(5-7-14)23-9-2-3-17(23)24;/h4-7,15,19H,2-3,8-12H2,1H3;1H. The lowest BCUT2D eigenvalue weighted by Crippen LogP contribution is -2.44. The van der Waals surface area contributed by atoms with Crippen molar-refractivity contribution in [3.63, 3.8) is 0 Å². The number of amides is 1. The van der Waals surface area contributed by atoms with Gasteiger partial charge in [0.25, 0.3) is 5.89 Å². The summed E-state index contributed by atoms with van der Waals surface area (Å²) in [6, 6.07) is 7.65. The molecule has 9 heteroatoms. The predicted octanol–water partition coefficient (Wildman–Crippen LogP) is 1.77. The van der Waals surface area contributed by atoms with Gasteiger partial charge < -0.3 is 19.5 Å². The molecule has 0 saturated carbocycles. The SMILES string of the molecule is CN1CCNCC1c1noc(COc2ccc(N3CCCC3=O)cc2)n1.Cl. The summed E-state index contributed by atoms with van der Waals surface area (Å²) in [4.78, 5) is 20.3. The van der Waals surface area contributed by atoms with Gasteiger partial charge in [0.05, 0.1) is 6.04 Å². The fraction of sp³-hybridized carbons (Fsp3) is 0.500. The maximum Gasteiger partial charge on any atom is 0.264 e. The van der Waals surface area contributed by atoms with Crippen molar-refractivity contribution < 1.29 is 14.1 Å². The molecule has 2 saturated heterocycles. The first-order valence-corrected chi connectivity index (χ1v) is 8.97. The average molecular weight is 394 g/mol. The van der Waals surface area contributed by atoms with Gasteiger partial charge in [0, 0.05) is 38.3 Å². The van der Waals surface area contributed by atoms with E-state index in [2.05, 4.69) is 27.4 Å². The van der Waals surface area contributed by atoms with Crippen molar-refractivity contribution in [3.8, 4) is 5.75 Å². The van der Waals surface area contributed by atoms with Crippen molar-refractivity contribution in [3.05, 3.63) is 36.0 Å². The van der Waals surface area contributed by atoms with Gasteiger partial charge in [0.1, 0.15) is 5.75 Å². The highest BCUT2D eigenvalue weighted by atomic mass is 35.5. The van der Waals surface area contributed by atoms with Crippen molar-refractivity contribution in [2.45, 2.75) is 25.5 Å². The molecule has 2 aliphatic rings. The van der Waals surface area contributed by atoms with Crippen LogP contribution in [0.25, 0.3) is 0 Å². The van der Waals surface area contributed by atoms with Crippen LogP contribution in [0.5, 0.6) is 5.75 Å². The van der Waals surface area contributed by atoms with Crippen LogP contribution in [0, 0.1) is 0 Å². The van der Waals surface area contributed by atoms with E-state index in [9.17, 15) is 4.79 Å². The Hall–Kier alpha value is -2.16. The van der Waals surface area contributed by atoms with Crippen LogP contribution < -0.4 is 15.0 Å². The van der Waals surface area contributed by atoms with Crippen LogP contribution in [0.1, 0.15) is 30.6 Å². The second-order valence-corrected chi connectivity index (χ2v) is 6.68. The number of hydrogen-bond acceptors (Lipinski definition) is 7. The summed E-state index contributed by atoms with van der Waals surface area (Å²) in [5.41, 5.74) is 0.910. The third-order valence-corrected chi connectivity index (χ3v) is 4.88. The molecule has 0 radical (unpaired) electrons. The van der Waals surface area contributed by atoms with Crippen molar-refractivity contribution in [1.82, 2.24) is 20.4 Å². The summed E-state index contributed by atoms with van der Waals surface area (Å²) < 4.78 is 11.0. The van der Waals surface area contributed by atoms with Gasteiger partial charge >= 0.3 is 0 Å². The zero-order valence-corrected chi connectivity index (χ0v) is 16.1. The number of carbonyl (C=O) groups excluding carboxylic acids is 1. The minimum Gasteiger partial charge on any atom is -0.484 e. The Morgan fingerprint density at radius 2 is 2.11 bits per heavy atom. The Labute approximate surface area is 164 Å². The molecule has 1 unspecified atom stereocenters. The summed E-state index contributed by atoms with van der Waals surface area (Å²) in [6.07, 6.45) is 1.55. The molecule has 1 atom stereocenters. The fourth-order valence-electron chi connectivity index (χ4n) is 3.34. The Morgan fingerprint density at radius 3 is 2.81 bits per heavy atom. The van der Waals surface area contributed by atoms with Gasteiger partial charge in [-0.2, -0.15) is 4.98 Å². The van der Waals surface area contributed by atoms with Crippen LogP contribution in [-0.2, 0) is 11.4 Å². The first-order chi connectivity index (χ1) is 12.7. The van der Waals surface area contributed by atoms with E-state index in [4.69, 9.17) is 9.26 Å². The van der Waals surface area contributed by atoms with Gasteiger partial charge in [-0.05, 0) is 37.7 Å². The Bertz CT molecular complexity index is 767. The van der Waals surface area contributed by atoms with E-state index in [1.54, 1.807) is 0 Å². The quantitative estimate of drug-likeness (QED) is 0.828. The first kappa shape index (κ1) is 19.6. The fourth-order valence-corrected chi connectivity index (χ4v) is 3.34. The zero-order valence-electron chi connectivity index (χ0n) is 15.3. The van der Waals surface area contributed by atoms with Crippen LogP contribution >= 0.6 is 12.4 Å². The smallest absolute Gasteiger partial charge is 0.264 e. The normalized spacial score (nSPS) is 20.6. The molecule has 0 aliphatic carbocycles. The molecule has 0 bridgehead atoms. The minimum atomic E-state index is 0. The Kier molecular flexibility index (Phi) is 6.30. The Balaban J connectivity index is 0.00000210. The summed E-state index contributed by atoms with van der Waals surface area (Å²) in [5.74, 6) is 2.02. The number of carbonyl (C=O) groups is 1. The topological polar surface area (TPSA) is 83.7 Å². The molecule has 146 valence electrons. The molecule has 1 N–H and O–H groups in total. The molecule has 1 aromatic heterocycles. The summed E-state index contributed by atoms with van der Waals surface area (Å²) in [6.45, 7) is 3.75. The van der Waals surface area contributed by atoms with Crippen LogP contribution in [0.4, 0.5) is 5.69 Å². The van der Waals surface area contributed by atoms with E-state index in [0.29, 0.717) is 23.9 Å². The van der Waals surface area contributed by atoms with Gasteiger partial charge in [0.2, 0.25) is 5.91 Å². The lowest BCUT2D eigenvalue weighted by atomic mass is 10.2. The van der Waals surface area contributed by atoms with Gasteiger partial charge in [-0.1, -0.05) is 5.16 Å². The van der Waals surface area contributed by atoms with Gasteiger partial charge in [-0.25, -0.2) is 0 Å². The second-order valence-electron chi connectivity index (χ2n) is 6.68. The van der Waals surface area contributed by atoms with Gasteiger partial charge in [-0.15, -0.1) is 12.4 Å². The number of aromatic nitrogens is 2. The zero-order chi connectivity index (χ0) is 17.9. The van der Waals surface area contributed by atoms with Crippen LogP contribution in [0.15, 0.2) is 28.8 Å². The number of hydrogen-bond donors (Lipinski definition) is 1. The lowest BCUT2D eigenvalue weighted by Gasteiger charge is -2.30. The molecule has 8 nitrogen and oxygen atoms in total. The summed E-state index contributed by atoms with van der Waals surface area (Å²) in [5, 5.41) is 7.43. The third-order valence-electron chi connectivity index (χ3n) is 4.88. The molecular weight excluding hydrogens is 370 g/mol. The molecule has 4 rings (SSSR count). The monoisotopic (exact) mass is 393 g/mol. The number of rotatable bonds is 5. The highest BCUT2D eigenvalue weighted by molar-refractivity contribution is 5.95. The van der Waals surface area contributed by atoms with Crippen molar-refractivity contribution in [2.24, 2.45) is 0 Å². The highest BCUT2D eigenvalue weighted by Gasteiger charge is 2.25. The van der Waals surface area contributed by atoms with Crippen LogP contribution in [-0.4, -0.2) is 54.2 Å². The largest absolute Gasteiger partial charge is 0.484 e. The number of piperazine rings is 1. The van der Waals surface area contributed by atoms with E-state index in [0.717, 1.165) is 38.3 Å². The summed E-state index contributed by atoms with van der Waals surface area (Å²) in [7, 11) is 2.06. The van der Waals surface area contributed by atoms with E-state index < -0.39 is 0 Å². The van der Waals surface area contributed by atoms with Crippen molar-refractivity contribution in [2.75, 3.05) is 38.1 Å². The van der Waals surface area contributed by atoms with E-state index in [1.165, 1.54) is 0 Å². The molecule has 0 spiro atoms. The number of nitrogens with one attached hydrogen (secondary N) is 1. The molecule has 1 aromatic carbocycles. The van der Waals surface area contributed by atoms with E-state index in [1.807, 2.05) is 29.2 Å². The highest BCUT2D eigenvalue weighted by Crippen LogP contribution is 2.24. The molecule has 2 aliphatic heterocycles. The van der Waals surface area contributed by atoms with Crippen molar-refractivity contribution in [1.29, 1.82) is 0 Å². The van der Waals surface area contributed by atoms with Crippen LogP contribution in [0.3, 0.4) is 0 Å². The average Bonchev–Trinajstić information content (AvgIpc) is 3.30. The minimum absolute atomic E-state index is 0. The maximum absolute atomic E-state index is 11.8. The van der Waals surface area contributed by atoms with E-state index >= 15 is 0 Å². The lowest BCUT2D eigenvalue weighted by molar-refractivity contribution is -0.117. The van der Waals surface area contributed by atoms with Crippen molar-refractivity contribution >= 4 is 24.0 Å². The summed E-state index contributed by atoms with van der Waals surface area (Å²) >= 11 is 0.